The summed E-state index contributed by atoms with van der Waals surface area (Å²) in [5, 5.41) is 9.94. The summed E-state index contributed by atoms with van der Waals surface area (Å²) < 4.78 is 0.938. The Kier molecular flexibility index (Phi) is 7.34. The minimum absolute atomic E-state index is 0.0532. The first-order valence-corrected chi connectivity index (χ1v) is 11.8. The molecule has 1 aromatic heterocycles. The molecular weight excluding hydrogens is 474 g/mol. The van der Waals surface area contributed by atoms with Gasteiger partial charge in [-0.15, -0.1) is 11.3 Å². The van der Waals surface area contributed by atoms with Gasteiger partial charge in [0, 0.05) is 27.9 Å². The van der Waals surface area contributed by atoms with E-state index in [0.717, 1.165) is 15.6 Å². The Morgan fingerprint density at radius 2 is 1.48 bits per heavy atom. The molecule has 5 nitrogen and oxygen atoms in total. The monoisotopic (exact) mass is 493 g/mol. The highest BCUT2D eigenvalue weighted by atomic mass is 35.5. The summed E-state index contributed by atoms with van der Waals surface area (Å²) in [6, 6.07) is 24.6. The molecule has 4 aromatic rings. The van der Waals surface area contributed by atoms with E-state index < -0.39 is 0 Å². The minimum Gasteiger partial charge on any atom is -0.332 e. The van der Waals surface area contributed by atoms with Crippen molar-refractivity contribution in [3.05, 3.63) is 94.3 Å². The number of carbonyl (C=O) groups is 2. The molecule has 0 aliphatic rings. The van der Waals surface area contributed by atoms with Crippen LogP contribution < -0.4 is 16.0 Å². The number of thiophene rings is 1. The van der Waals surface area contributed by atoms with Crippen molar-refractivity contribution in [1.82, 2.24) is 5.32 Å². The van der Waals surface area contributed by atoms with Gasteiger partial charge < -0.3 is 10.6 Å². The van der Waals surface area contributed by atoms with E-state index >= 15 is 0 Å². The fourth-order valence-electron chi connectivity index (χ4n) is 3.25. The Morgan fingerprint density at radius 1 is 0.848 bits per heavy atom. The van der Waals surface area contributed by atoms with E-state index in [4.69, 9.17) is 23.8 Å². The number of rotatable bonds is 6. The number of thiocarbonyl (C=S) groups is 1. The van der Waals surface area contributed by atoms with Crippen LogP contribution in [0.4, 0.5) is 11.4 Å². The number of aryl methyl sites for hydroxylation is 1. The van der Waals surface area contributed by atoms with Crippen molar-refractivity contribution in [2.24, 2.45) is 0 Å². The molecule has 33 heavy (non-hydrogen) atoms. The zero-order valence-electron chi connectivity index (χ0n) is 17.4. The fraction of sp³-hybridized carbons (Fsp3) is 0.0800. The van der Waals surface area contributed by atoms with Gasteiger partial charge in [-0.1, -0.05) is 60.1 Å². The van der Waals surface area contributed by atoms with Crippen LogP contribution in [0, 0.1) is 0 Å². The number of halogens is 1. The molecule has 3 aromatic carbocycles. The van der Waals surface area contributed by atoms with Crippen molar-refractivity contribution in [2.75, 3.05) is 10.6 Å². The van der Waals surface area contributed by atoms with Crippen molar-refractivity contribution in [1.29, 1.82) is 0 Å². The Bertz CT molecular complexity index is 1300. The zero-order valence-corrected chi connectivity index (χ0v) is 19.8. The summed E-state index contributed by atoms with van der Waals surface area (Å²) >= 11 is 13.0. The minimum atomic E-state index is -0.360. The molecule has 0 saturated heterocycles. The quantitative estimate of drug-likeness (QED) is 0.277. The highest BCUT2D eigenvalue weighted by Gasteiger charge is 2.17. The third kappa shape index (κ3) is 5.96. The molecule has 0 saturated carbocycles. The Balaban J connectivity index is 1.29. The molecule has 0 bridgehead atoms. The van der Waals surface area contributed by atoms with E-state index in [1.807, 2.05) is 54.6 Å². The lowest BCUT2D eigenvalue weighted by molar-refractivity contribution is -0.116. The molecule has 2 amide bonds. The molecule has 3 N–H and O–H groups in total. The van der Waals surface area contributed by atoms with Crippen molar-refractivity contribution in [3.8, 4) is 0 Å². The van der Waals surface area contributed by atoms with Gasteiger partial charge in [-0.25, -0.2) is 0 Å². The Morgan fingerprint density at radius 3 is 2.18 bits per heavy atom. The van der Waals surface area contributed by atoms with E-state index in [1.54, 1.807) is 24.3 Å². The van der Waals surface area contributed by atoms with Crippen LogP contribution in [-0.2, 0) is 11.2 Å². The molecule has 1 heterocycles. The van der Waals surface area contributed by atoms with E-state index in [2.05, 4.69) is 16.0 Å². The van der Waals surface area contributed by atoms with Crippen LogP contribution >= 0.6 is 35.2 Å². The predicted octanol–water partition coefficient (Wildman–Crippen LogP) is 6.25. The Hall–Kier alpha value is -3.26. The number of amides is 2. The maximum Gasteiger partial charge on any atom is 0.269 e. The SMILES string of the molecule is O=C(CCc1ccccc1)Nc1ccc(NC(=S)NC(=O)c2sc3ccccc3c2Cl)cc1. The maximum atomic E-state index is 12.6. The third-order valence-corrected chi connectivity index (χ3v) is 6.76. The van der Waals surface area contributed by atoms with Gasteiger partial charge in [0.25, 0.3) is 5.91 Å². The van der Waals surface area contributed by atoms with Crippen LogP contribution in [0.5, 0.6) is 0 Å². The smallest absolute Gasteiger partial charge is 0.269 e. The highest BCUT2D eigenvalue weighted by molar-refractivity contribution is 7.80. The van der Waals surface area contributed by atoms with E-state index in [9.17, 15) is 9.59 Å². The maximum absolute atomic E-state index is 12.6. The summed E-state index contributed by atoms with van der Waals surface area (Å²) in [6.07, 6.45) is 1.09. The van der Waals surface area contributed by atoms with Gasteiger partial charge in [0.2, 0.25) is 5.91 Å². The normalized spacial score (nSPS) is 10.6. The predicted molar refractivity (Wildman–Crippen MR) is 140 cm³/mol. The lowest BCUT2D eigenvalue weighted by Crippen LogP contribution is -2.33. The molecule has 166 valence electrons. The first kappa shape index (κ1) is 22.9. The van der Waals surface area contributed by atoms with E-state index in [-0.39, 0.29) is 16.9 Å². The molecule has 8 heteroatoms. The van der Waals surface area contributed by atoms with E-state index in [1.165, 1.54) is 11.3 Å². The number of fused-ring (bicyclic) bond motifs is 1. The number of anilines is 2. The van der Waals surface area contributed by atoms with Gasteiger partial charge in [-0.05, 0) is 54.5 Å². The van der Waals surface area contributed by atoms with Gasteiger partial charge in [0.05, 0.1) is 5.02 Å². The van der Waals surface area contributed by atoms with Crippen molar-refractivity contribution in [2.45, 2.75) is 12.8 Å². The van der Waals surface area contributed by atoms with Crippen LogP contribution in [0.1, 0.15) is 21.7 Å². The second-order valence-electron chi connectivity index (χ2n) is 7.26. The molecule has 0 spiro atoms. The number of carbonyl (C=O) groups excluding carboxylic acids is 2. The molecule has 0 aliphatic carbocycles. The Labute approximate surface area is 205 Å². The van der Waals surface area contributed by atoms with Gasteiger partial charge in [0.1, 0.15) is 4.88 Å². The molecule has 0 atom stereocenters. The summed E-state index contributed by atoms with van der Waals surface area (Å²) in [7, 11) is 0. The van der Waals surface area contributed by atoms with Crippen LogP contribution in [0.3, 0.4) is 0 Å². The number of nitrogens with one attached hydrogen (secondary N) is 3. The molecule has 0 aliphatic heterocycles. The summed E-state index contributed by atoms with van der Waals surface area (Å²) in [4.78, 5) is 25.2. The second kappa shape index (κ2) is 10.6. The average Bonchev–Trinajstić information content (AvgIpc) is 3.16. The number of hydrogen-bond donors (Lipinski definition) is 3. The standard InChI is InChI=1S/C25H20ClN3O2S2/c26-22-19-8-4-5-9-20(19)33-23(22)24(31)29-25(32)28-18-13-11-17(12-14-18)27-21(30)15-10-16-6-2-1-3-7-16/h1-9,11-14H,10,15H2,(H,27,30)(H2,28,29,31,32). The lowest BCUT2D eigenvalue weighted by atomic mass is 10.1. The van der Waals surface area contributed by atoms with Crippen LogP contribution in [0.15, 0.2) is 78.9 Å². The van der Waals surface area contributed by atoms with Crippen LogP contribution in [0.25, 0.3) is 10.1 Å². The molecule has 0 fully saturated rings. The van der Waals surface area contributed by atoms with Crippen molar-refractivity contribution < 1.29 is 9.59 Å². The fourth-order valence-corrected chi connectivity index (χ4v) is 4.87. The summed E-state index contributed by atoms with van der Waals surface area (Å²) in [5.41, 5.74) is 2.50. The van der Waals surface area contributed by atoms with Crippen LogP contribution in [-0.4, -0.2) is 16.9 Å². The highest BCUT2D eigenvalue weighted by Crippen LogP contribution is 2.35. The molecule has 0 unspecified atom stereocenters. The van der Waals surface area contributed by atoms with Gasteiger partial charge in [0.15, 0.2) is 5.11 Å². The zero-order chi connectivity index (χ0) is 23.2. The van der Waals surface area contributed by atoms with Gasteiger partial charge in [-0.3, -0.25) is 14.9 Å². The topological polar surface area (TPSA) is 70.2 Å². The second-order valence-corrected chi connectivity index (χ2v) is 9.10. The largest absolute Gasteiger partial charge is 0.332 e. The first-order chi connectivity index (χ1) is 16.0. The molecular formula is C25H20ClN3O2S2. The van der Waals surface area contributed by atoms with Gasteiger partial charge in [-0.2, -0.15) is 0 Å². The lowest BCUT2D eigenvalue weighted by Gasteiger charge is -2.10. The molecule has 4 rings (SSSR count). The summed E-state index contributed by atoms with van der Waals surface area (Å²) in [6.45, 7) is 0. The van der Waals surface area contributed by atoms with Crippen molar-refractivity contribution in [3.63, 3.8) is 0 Å². The first-order valence-electron chi connectivity index (χ1n) is 10.2. The summed E-state index contributed by atoms with van der Waals surface area (Å²) in [5.74, 6) is -0.413. The number of benzene rings is 3. The third-order valence-electron chi connectivity index (χ3n) is 4.88. The average molecular weight is 494 g/mol. The number of hydrogen-bond acceptors (Lipinski definition) is 4. The van der Waals surface area contributed by atoms with E-state index in [0.29, 0.717) is 34.1 Å². The van der Waals surface area contributed by atoms with Crippen molar-refractivity contribution >= 4 is 73.5 Å². The van der Waals surface area contributed by atoms with Gasteiger partial charge >= 0.3 is 0 Å². The van der Waals surface area contributed by atoms with Crippen LogP contribution in [0.2, 0.25) is 5.02 Å². The molecule has 0 radical (unpaired) electrons.